The second-order valence-electron chi connectivity index (χ2n) is 44.0. The molecule has 0 spiro atoms. The fourth-order valence-corrected chi connectivity index (χ4v) is 26.9. The Hall–Kier alpha value is -10.7. The lowest BCUT2D eigenvalue weighted by molar-refractivity contribution is 0.394. The van der Waals surface area contributed by atoms with Gasteiger partial charge in [0, 0.05) is 71.2 Å². The minimum Gasteiger partial charge on any atom is -0.456 e. The summed E-state index contributed by atoms with van der Waals surface area (Å²) in [4.78, 5) is 2.64. The zero-order chi connectivity index (χ0) is 94.0. The molecule has 0 amide bonds. The van der Waals surface area contributed by atoms with E-state index in [1.54, 1.807) is 33.4 Å². The van der Waals surface area contributed by atoms with Gasteiger partial charge < -0.3 is 13.7 Å². The predicted molar refractivity (Wildman–Crippen MR) is 589 cm³/mol. The van der Waals surface area contributed by atoms with Crippen LogP contribution in [-0.4, -0.2) is 0 Å². The number of anilines is 3. The van der Waals surface area contributed by atoms with E-state index < -0.39 is 0 Å². The molecule has 0 N–H and O–H groups in total. The predicted octanol–water partition coefficient (Wildman–Crippen LogP) is 41.4. The van der Waals surface area contributed by atoms with Crippen LogP contribution < -0.4 is 4.90 Å². The standard InChI is InChI=1S/C134H153NO2/c1-12-18-24-30-36-48-80-133(81-49-37-31-25-19-13-2)113-76-77-124-127(107-53-41-44-56-122(107)136-124)126(113)111-91-119-110(90-120(111)133)105-74-69-100(88-118(105)134(119,82-50-38-32-26-20-14-3)83-51-39-33-27-21-15-4)135(98-67-58-92(7)59-68-98)99-70-75-106-116(87-99)131(10,11)121-89-109(129-128(125(106)121)108-54-42-45-57-123(108)137-129)94-62-60-93(61-63-94)95-64-71-102-103-72-65-96(85-115(103)130(8,9)114(102)84-95)97-66-73-104-101-52-40-43-55-112(101)132(117(104)86-97,78-46-34-28-22-16-5)79-47-35-29-23-17-6/h40-45,52-77,84-91H,12-39,46-51,78-83H2,1-11H3. The highest BCUT2D eigenvalue weighted by atomic mass is 16.3. The highest BCUT2D eigenvalue weighted by molar-refractivity contribution is 6.19. The summed E-state index contributed by atoms with van der Waals surface area (Å²) in [5.74, 6) is 0. The van der Waals surface area contributed by atoms with Gasteiger partial charge in [0.25, 0.3) is 0 Å². The van der Waals surface area contributed by atoms with Gasteiger partial charge in [-0.2, -0.15) is 0 Å². The summed E-state index contributed by atoms with van der Waals surface area (Å²) in [6.07, 6.45) is 50.9. The summed E-state index contributed by atoms with van der Waals surface area (Å²) < 4.78 is 14.3. The normalized spacial score (nSPS) is 14.8. The zero-order valence-electron chi connectivity index (χ0n) is 85.1. The lowest BCUT2D eigenvalue weighted by Gasteiger charge is -2.35. The van der Waals surface area contributed by atoms with Gasteiger partial charge in [0.2, 0.25) is 0 Å². The summed E-state index contributed by atoms with van der Waals surface area (Å²) in [6.45, 7) is 26.3. The Balaban J connectivity index is 0.658. The molecule has 0 radical (unpaired) electrons. The first-order valence-electron chi connectivity index (χ1n) is 55.1. The Labute approximate surface area is 821 Å². The van der Waals surface area contributed by atoms with Crippen molar-refractivity contribution in [1.82, 2.24) is 0 Å². The van der Waals surface area contributed by atoms with Crippen LogP contribution >= 0.6 is 0 Å². The smallest absolute Gasteiger partial charge is 0.143 e. The molecule has 0 bridgehead atoms. The molecule has 15 aromatic rings. The minimum atomic E-state index is -0.383. The molecule has 0 unspecified atom stereocenters. The fraction of sp³-hybridized carbons (Fsp3) is 0.418. The molecular formula is C134H153NO2. The van der Waals surface area contributed by atoms with Crippen LogP contribution in [0.4, 0.5) is 17.1 Å². The number of fused-ring (bicyclic) bond motifs is 23. The van der Waals surface area contributed by atoms with E-state index in [1.165, 1.54) is 383 Å². The number of rotatable bonds is 46. The minimum absolute atomic E-state index is 0.0412. The maximum Gasteiger partial charge on any atom is 0.143 e. The number of nitrogens with zero attached hydrogens (tertiary/aromatic N) is 1. The molecule has 0 aliphatic heterocycles. The van der Waals surface area contributed by atoms with Gasteiger partial charge in [-0.05, 0) is 276 Å². The van der Waals surface area contributed by atoms with Gasteiger partial charge in [-0.25, -0.2) is 0 Å². The van der Waals surface area contributed by atoms with Crippen molar-refractivity contribution in [3.05, 3.63) is 304 Å². The number of benzene rings is 13. The van der Waals surface area contributed by atoms with Crippen LogP contribution in [0.2, 0.25) is 0 Å². The van der Waals surface area contributed by atoms with E-state index in [0.29, 0.717) is 0 Å². The van der Waals surface area contributed by atoms with Crippen molar-refractivity contribution >= 4 is 60.9 Å². The summed E-state index contributed by atoms with van der Waals surface area (Å²) in [7, 11) is 0. The zero-order valence-corrected chi connectivity index (χ0v) is 85.1. The van der Waals surface area contributed by atoms with Crippen LogP contribution in [0, 0.1) is 6.92 Å². The number of unbranched alkanes of at least 4 members (excludes halogenated alkanes) is 28. The Morgan fingerprint density at radius 3 is 1.10 bits per heavy atom. The third kappa shape index (κ3) is 17.2. The molecule has 5 aliphatic carbocycles. The Morgan fingerprint density at radius 1 is 0.219 bits per heavy atom. The number of hydrogen-bond donors (Lipinski definition) is 0. The van der Waals surface area contributed by atoms with Crippen LogP contribution in [0.3, 0.4) is 0 Å². The number of para-hydroxylation sites is 2. The van der Waals surface area contributed by atoms with Gasteiger partial charge in [0.05, 0.1) is 0 Å². The van der Waals surface area contributed by atoms with E-state index in [9.17, 15) is 0 Å². The SMILES string of the molecule is CCCCCCCCC1(CCCCCCCC)c2cc(N(c3ccc(C)cc3)c3ccc4c(c3)C(C)(C)c3cc(-c5ccc(-c6ccc7c(c6)C(C)(C)c6cc(-c8ccc9c(c8)C(CCCCCCC)(CCCCCCC)c8ccccc8-9)ccc6-7)cc5)c5oc6ccccc6c5c3-4)ccc2-c2cc3c(cc21)-c1c(ccc2oc4ccccc4c12)C3(CCCCCCCC)CCCCCCCC. The van der Waals surface area contributed by atoms with Crippen molar-refractivity contribution in [1.29, 1.82) is 0 Å². The van der Waals surface area contributed by atoms with Gasteiger partial charge in [0.15, 0.2) is 0 Å². The molecule has 13 aromatic carbocycles. The number of hydrogen-bond acceptors (Lipinski definition) is 3. The third-order valence-corrected chi connectivity index (χ3v) is 34.5. The Kier molecular flexibility index (Phi) is 27.8. The molecule has 0 saturated carbocycles. The summed E-state index contributed by atoms with van der Waals surface area (Å²) >= 11 is 0. The van der Waals surface area contributed by atoms with Gasteiger partial charge in [-0.1, -0.05) is 445 Å². The van der Waals surface area contributed by atoms with Crippen LogP contribution in [0.25, 0.3) is 133 Å². The van der Waals surface area contributed by atoms with Crippen molar-refractivity contribution in [2.45, 2.75) is 360 Å². The lowest BCUT2D eigenvalue weighted by atomic mass is 9.68. The van der Waals surface area contributed by atoms with Gasteiger partial charge in [-0.3, -0.25) is 0 Å². The van der Waals surface area contributed by atoms with Gasteiger partial charge in [0.1, 0.15) is 22.3 Å². The molecule has 3 heteroatoms. The molecule has 3 nitrogen and oxygen atoms in total. The first-order valence-corrected chi connectivity index (χ1v) is 55.1. The monoisotopic (exact) mass is 1810 g/mol. The van der Waals surface area contributed by atoms with Gasteiger partial charge in [-0.15, -0.1) is 0 Å². The molecule has 137 heavy (non-hydrogen) atoms. The second-order valence-corrected chi connectivity index (χ2v) is 44.0. The third-order valence-electron chi connectivity index (χ3n) is 34.5. The van der Waals surface area contributed by atoms with E-state index in [0.717, 1.165) is 51.7 Å². The van der Waals surface area contributed by atoms with Crippen LogP contribution in [0.5, 0.6) is 0 Å². The average molecular weight is 1810 g/mol. The van der Waals surface area contributed by atoms with Crippen molar-refractivity contribution < 1.29 is 8.83 Å². The van der Waals surface area contributed by atoms with E-state index in [1.807, 2.05) is 0 Å². The molecular weight excluding hydrogens is 1660 g/mol. The first-order chi connectivity index (χ1) is 67.1. The second kappa shape index (κ2) is 40.6. The van der Waals surface area contributed by atoms with E-state index in [2.05, 4.69) is 324 Å². The molecule has 2 heterocycles. The first kappa shape index (κ1) is 93.9. The molecule has 706 valence electrons. The molecule has 20 rings (SSSR count). The summed E-state index contributed by atoms with van der Waals surface area (Å²) in [5, 5.41) is 4.95. The van der Waals surface area contributed by atoms with E-state index in [4.69, 9.17) is 8.83 Å². The maximum absolute atomic E-state index is 7.28. The van der Waals surface area contributed by atoms with Crippen molar-refractivity contribution in [3.63, 3.8) is 0 Å². The van der Waals surface area contributed by atoms with Crippen LogP contribution in [0.15, 0.2) is 251 Å². The highest BCUT2D eigenvalue weighted by Crippen LogP contribution is 2.66. The number of aryl methyl sites for hydroxylation is 1. The molecule has 0 fully saturated rings. The molecule has 0 atom stereocenters. The van der Waals surface area contributed by atoms with Crippen molar-refractivity contribution in [2.24, 2.45) is 0 Å². The quantitative estimate of drug-likeness (QED) is 0.0356. The van der Waals surface area contributed by atoms with Crippen LogP contribution in [0.1, 0.15) is 387 Å². The number of furan rings is 2. The molecule has 5 aliphatic rings. The Morgan fingerprint density at radius 2 is 0.562 bits per heavy atom. The van der Waals surface area contributed by atoms with E-state index >= 15 is 0 Å². The van der Waals surface area contributed by atoms with Crippen LogP contribution in [-0.2, 0) is 27.1 Å². The van der Waals surface area contributed by atoms with Gasteiger partial charge >= 0.3 is 0 Å². The van der Waals surface area contributed by atoms with Crippen molar-refractivity contribution in [2.75, 3.05) is 4.90 Å². The average Bonchev–Trinajstić information content (AvgIpc) is 1.52. The lowest BCUT2D eigenvalue weighted by Crippen LogP contribution is -2.27. The summed E-state index contributed by atoms with van der Waals surface area (Å²) in [6, 6.07) is 97.1. The van der Waals surface area contributed by atoms with Crippen molar-refractivity contribution in [3.8, 4) is 89.0 Å². The topological polar surface area (TPSA) is 29.5 Å². The molecule has 0 saturated heterocycles. The fourth-order valence-electron chi connectivity index (χ4n) is 26.9. The molecule has 2 aromatic heterocycles. The largest absolute Gasteiger partial charge is 0.456 e. The highest BCUT2D eigenvalue weighted by Gasteiger charge is 2.51. The Bertz CT molecular complexity index is 6800. The van der Waals surface area contributed by atoms with E-state index in [-0.39, 0.29) is 27.1 Å². The maximum atomic E-state index is 7.28. The summed E-state index contributed by atoms with van der Waals surface area (Å²) in [5.41, 5.74) is 44.4.